The van der Waals surface area contributed by atoms with Crippen molar-refractivity contribution >= 4 is 28.4 Å². The van der Waals surface area contributed by atoms with Gasteiger partial charge < -0.3 is 19.7 Å². The van der Waals surface area contributed by atoms with Gasteiger partial charge in [-0.1, -0.05) is 0 Å². The van der Waals surface area contributed by atoms with Gasteiger partial charge >= 0.3 is 0 Å². The Bertz CT molecular complexity index is 128. The molecule has 0 aromatic rings. The number of aliphatic carboxylic acids is 3. The van der Waals surface area contributed by atoms with Crippen molar-refractivity contribution in [1.29, 1.82) is 0 Å². The molecule has 0 unspecified atom stereocenters. The summed E-state index contributed by atoms with van der Waals surface area (Å²) in [5, 5.41) is 22.2. The average molecular weight is 242 g/mol. The molecule has 0 saturated carbocycles. The highest BCUT2D eigenvalue weighted by Gasteiger charge is 1.66. The van der Waals surface area contributed by atoms with Crippen molar-refractivity contribution in [2.24, 2.45) is 0 Å². The molecule has 7 nitrogen and oxygen atoms in total. The summed E-state index contributed by atoms with van der Waals surface area (Å²) in [4.78, 5) is 27.0. The number of carboxylic acid groups (broad SMARTS) is 3. The molecule has 0 atom stereocenters. The Kier molecular flexibility index (Phi) is 35.8. The lowest BCUT2D eigenvalue weighted by Crippen LogP contribution is -1.78. The molecule has 0 aliphatic rings. The first-order valence-corrected chi connectivity index (χ1v) is 4.42. The molecular formula is C7H18O7Si. The second-order valence-corrected chi connectivity index (χ2v) is 2.78. The third-order valence-corrected chi connectivity index (χ3v) is 0. The highest BCUT2D eigenvalue weighted by atomic mass is 28.2. The summed E-state index contributed by atoms with van der Waals surface area (Å²) in [6.45, 7) is 3.25. The van der Waals surface area contributed by atoms with E-state index < -0.39 is 17.9 Å². The fourth-order valence-corrected chi connectivity index (χ4v) is 0. The third-order valence-electron chi connectivity index (χ3n) is 0. The van der Waals surface area contributed by atoms with Gasteiger partial charge in [-0.25, -0.2) is 0 Å². The topological polar surface area (TPSA) is 121 Å². The van der Waals surface area contributed by atoms with Crippen LogP contribution in [0.5, 0.6) is 0 Å². The second kappa shape index (κ2) is 22.9. The lowest BCUT2D eigenvalue weighted by molar-refractivity contribution is -0.135. The van der Waals surface area contributed by atoms with E-state index in [-0.39, 0.29) is 0 Å². The Morgan fingerprint density at radius 2 is 0.867 bits per heavy atom. The normalized spacial score (nSPS) is 6.40. The van der Waals surface area contributed by atoms with Crippen molar-refractivity contribution in [2.45, 2.75) is 20.8 Å². The minimum Gasteiger partial charge on any atom is -0.481 e. The Hall–Kier alpha value is -1.41. The van der Waals surface area contributed by atoms with Crippen LogP contribution in [0.15, 0.2) is 0 Å². The van der Waals surface area contributed by atoms with E-state index in [1.165, 1.54) is 0 Å². The molecule has 0 fully saturated rings. The molecule has 0 spiro atoms. The van der Waals surface area contributed by atoms with E-state index >= 15 is 0 Å². The summed E-state index contributed by atoms with van der Waals surface area (Å²) in [6, 6.07) is 0. The predicted molar refractivity (Wildman–Crippen MR) is 56.9 cm³/mol. The predicted octanol–water partition coefficient (Wildman–Crippen LogP) is -0.814. The molecule has 0 bridgehead atoms. The van der Waals surface area contributed by atoms with Crippen LogP contribution in [0.25, 0.3) is 0 Å². The molecule has 0 radical (unpaired) electrons. The highest BCUT2D eigenvalue weighted by Crippen LogP contribution is 1.42. The van der Waals surface area contributed by atoms with Crippen molar-refractivity contribution in [1.82, 2.24) is 0 Å². The minimum absolute atomic E-state index is 0.833. The van der Waals surface area contributed by atoms with Gasteiger partial charge in [-0.15, -0.1) is 0 Å². The van der Waals surface area contributed by atoms with Crippen LogP contribution in [0.4, 0.5) is 0 Å². The second-order valence-electron chi connectivity index (χ2n) is 1.97. The molecule has 0 aromatic carbocycles. The lowest BCUT2D eigenvalue weighted by atomic mass is 10.9. The fourth-order valence-electron chi connectivity index (χ4n) is 0. The molecule has 0 aliphatic heterocycles. The molecule has 92 valence electrons. The summed E-state index contributed by atoms with van der Waals surface area (Å²) in [5.74, 6) is -2.50. The number of carboxylic acids is 3. The molecule has 3 N–H and O–H groups in total. The largest absolute Gasteiger partial charge is 0.481 e. The summed E-state index contributed by atoms with van der Waals surface area (Å²) >= 11 is 0. The quantitative estimate of drug-likeness (QED) is 0.475. The molecular weight excluding hydrogens is 224 g/mol. The van der Waals surface area contributed by atoms with Crippen molar-refractivity contribution in [3.63, 3.8) is 0 Å². The minimum atomic E-state index is -0.833. The van der Waals surface area contributed by atoms with Crippen molar-refractivity contribution in [3.8, 4) is 0 Å². The molecule has 0 aromatic heterocycles. The first-order chi connectivity index (χ1) is 6.61. The Morgan fingerprint density at radius 1 is 0.867 bits per heavy atom. The van der Waals surface area contributed by atoms with Gasteiger partial charge in [0.1, 0.15) is 10.5 Å². The summed E-state index contributed by atoms with van der Waals surface area (Å²) in [6.07, 6.45) is 0. The SMILES string of the molecule is CC(=O)O.CC(=O)O.CC(=O)O.CO[SiH3]. The molecule has 0 aliphatic carbocycles. The first-order valence-electron chi connectivity index (χ1n) is 3.60. The van der Waals surface area contributed by atoms with E-state index in [4.69, 9.17) is 29.7 Å². The highest BCUT2D eigenvalue weighted by molar-refractivity contribution is 5.97. The van der Waals surface area contributed by atoms with Gasteiger partial charge in [-0.05, 0) is 0 Å². The molecule has 0 heterocycles. The first kappa shape index (κ1) is 23.4. The molecule has 15 heavy (non-hydrogen) atoms. The van der Waals surface area contributed by atoms with Gasteiger partial charge in [-0.2, -0.15) is 0 Å². The zero-order valence-electron chi connectivity index (χ0n) is 9.47. The third kappa shape index (κ3) is 706. The van der Waals surface area contributed by atoms with Crippen LogP contribution < -0.4 is 0 Å². The van der Waals surface area contributed by atoms with Crippen molar-refractivity contribution in [2.75, 3.05) is 7.11 Å². The van der Waals surface area contributed by atoms with Gasteiger partial charge in [0.05, 0.1) is 0 Å². The molecule has 0 amide bonds. The monoisotopic (exact) mass is 242 g/mol. The number of rotatable bonds is 0. The van der Waals surface area contributed by atoms with Gasteiger partial charge in [0.15, 0.2) is 0 Å². The zero-order chi connectivity index (χ0) is 13.4. The van der Waals surface area contributed by atoms with E-state index in [9.17, 15) is 0 Å². The van der Waals surface area contributed by atoms with Gasteiger partial charge in [0.25, 0.3) is 17.9 Å². The van der Waals surface area contributed by atoms with Crippen LogP contribution in [0.1, 0.15) is 20.8 Å². The molecule has 8 heteroatoms. The molecule has 0 rings (SSSR count). The van der Waals surface area contributed by atoms with Crippen LogP contribution in [0.2, 0.25) is 0 Å². The Labute approximate surface area is 91.2 Å². The maximum atomic E-state index is 9.00. The van der Waals surface area contributed by atoms with E-state index in [1.54, 1.807) is 7.11 Å². The van der Waals surface area contributed by atoms with E-state index in [0.29, 0.717) is 0 Å². The van der Waals surface area contributed by atoms with Crippen molar-refractivity contribution < 1.29 is 34.1 Å². The van der Waals surface area contributed by atoms with Crippen molar-refractivity contribution in [3.05, 3.63) is 0 Å². The van der Waals surface area contributed by atoms with Gasteiger partial charge in [0, 0.05) is 27.9 Å². The summed E-state index contributed by atoms with van der Waals surface area (Å²) in [7, 11) is 2.56. The lowest BCUT2D eigenvalue weighted by Gasteiger charge is -1.61. The van der Waals surface area contributed by atoms with Gasteiger partial charge in [-0.3, -0.25) is 14.4 Å². The maximum absolute atomic E-state index is 9.00. The maximum Gasteiger partial charge on any atom is 0.300 e. The van der Waals surface area contributed by atoms with Crippen LogP contribution >= 0.6 is 0 Å². The van der Waals surface area contributed by atoms with Gasteiger partial charge in [0.2, 0.25) is 0 Å². The Balaban J connectivity index is -0.0000000542. The molecule has 0 saturated heterocycles. The van der Waals surface area contributed by atoms with Crippen LogP contribution in [0, 0.1) is 0 Å². The number of hydrogen-bond acceptors (Lipinski definition) is 4. The Morgan fingerprint density at radius 3 is 0.867 bits per heavy atom. The van der Waals surface area contributed by atoms with Crippen LogP contribution in [0.3, 0.4) is 0 Å². The number of carbonyl (C=O) groups is 3. The zero-order valence-corrected chi connectivity index (χ0v) is 11.5. The van der Waals surface area contributed by atoms with E-state index in [1.807, 2.05) is 0 Å². The van der Waals surface area contributed by atoms with Crippen LogP contribution in [-0.2, 0) is 18.8 Å². The standard InChI is InChI=1S/3C2H4O2.CH6OSi/c3*1-2(3)4;1-2-3/h3*1H3,(H,3,4);1,3H3. The average Bonchev–Trinajstić information content (AvgIpc) is 1.81. The summed E-state index contributed by atoms with van der Waals surface area (Å²) < 4.78 is 4.39. The fraction of sp³-hybridized carbons (Fsp3) is 0.571. The van der Waals surface area contributed by atoms with E-state index in [0.717, 1.165) is 31.3 Å². The van der Waals surface area contributed by atoms with E-state index in [2.05, 4.69) is 4.43 Å². The smallest absolute Gasteiger partial charge is 0.300 e. The number of hydrogen-bond donors (Lipinski definition) is 3. The van der Waals surface area contributed by atoms with Crippen LogP contribution in [-0.4, -0.2) is 50.8 Å². The summed E-state index contributed by atoms with van der Waals surface area (Å²) in [5.41, 5.74) is 0.